The highest BCUT2D eigenvalue weighted by Crippen LogP contribution is 2.13. The molecule has 0 saturated carbocycles. The predicted octanol–water partition coefficient (Wildman–Crippen LogP) is 2.41. The largest absolute Gasteiger partial charge is 0.381 e. The van der Waals surface area contributed by atoms with E-state index in [1.807, 2.05) is 0 Å². The third kappa shape index (κ3) is 8.03. The third-order valence-corrected chi connectivity index (χ3v) is 4.60. The van der Waals surface area contributed by atoms with Crippen LogP contribution in [0.5, 0.6) is 0 Å². The number of unbranched alkanes of at least 4 members (excludes halogenated alkanes) is 1. The minimum Gasteiger partial charge on any atom is -0.381 e. The topological polar surface area (TPSA) is 40.1 Å². The van der Waals surface area contributed by atoms with E-state index in [-0.39, 0.29) is 24.0 Å². The average molecular weight is 438 g/mol. The number of nitrogens with zero attached hydrogens (tertiary/aromatic N) is 3. The highest BCUT2D eigenvalue weighted by atomic mass is 127. The molecule has 0 aliphatic carbocycles. The van der Waals surface area contributed by atoms with Crippen molar-refractivity contribution in [3.63, 3.8) is 0 Å². The molecule has 0 aromatic rings. The van der Waals surface area contributed by atoms with Gasteiger partial charge in [0.2, 0.25) is 0 Å². The molecule has 0 spiro atoms. The van der Waals surface area contributed by atoms with Crippen molar-refractivity contribution >= 4 is 29.9 Å². The van der Waals surface area contributed by atoms with Crippen molar-refractivity contribution in [1.82, 2.24) is 15.1 Å². The zero-order valence-corrected chi connectivity index (χ0v) is 17.3. The van der Waals surface area contributed by atoms with E-state index in [0.717, 1.165) is 38.8 Å². The summed E-state index contributed by atoms with van der Waals surface area (Å²) in [5, 5.41) is 3.41. The zero-order valence-electron chi connectivity index (χ0n) is 14.9. The average Bonchev–Trinajstić information content (AvgIpc) is 3.19. The molecule has 1 unspecified atom stereocenters. The summed E-state index contributed by atoms with van der Waals surface area (Å²) in [5.41, 5.74) is 0. The Labute approximate surface area is 159 Å². The minimum atomic E-state index is 0. The van der Waals surface area contributed by atoms with Crippen LogP contribution in [0.25, 0.3) is 0 Å². The minimum absolute atomic E-state index is 0. The molecular weight excluding hydrogens is 403 g/mol. The molecule has 2 aliphatic rings. The highest BCUT2D eigenvalue weighted by molar-refractivity contribution is 14.0. The number of halogens is 1. The monoisotopic (exact) mass is 438 g/mol. The fourth-order valence-electron chi connectivity index (χ4n) is 3.31. The number of guanidine groups is 1. The Morgan fingerprint density at radius 3 is 2.74 bits per heavy atom. The van der Waals surface area contributed by atoms with Crippen molar-refractivity contribution in [2.24, 2.45) is 10.9 Å². The van der Waals surface area contributed by atoms with Crippen LogP contribution in [0, 0.1) is 5.92 Å². The first-order valence-electron chi connectivity index (χ1n) is 9.09. The number of ether oxygens (including phenoxy) is 1. The second-order valence-electron chi connectivity index (χ2n) is 6.60. The zero-order chi connectivity index (χ0) is 15.6. The lowest BCUT2D eigenvalue weighted by molar-refractivity contribution is 0.181. The molecule has 2 aliphatic heterocycles. The molecule has 1 atom stereocenters. The quantitative estimate of drug-likeness (QED) is 0.274. The van der Waals surface area contributed by atoms with Crippen LogP contribution in [0.4, 0.5) is 0 Å². The maximum absolute atomic E-state index is 5.47. The van der Waals surface area contributed by atoms with Crippen molar-refractivity contribution < 1.29 is 4.74 Å². The van der Waals surface area contributed by atoms with E-state index in [1.165, 1.54) is 51.7 Å². The van der Waals surface area contributed by atoms with Gasteiger partial charge in [-0.05, 0) is 58.7 Å². The SMILES string of the molecule is CCNC(=NCCCCN1CCCC1)N(C)CC1CCOC1.I. The van der Waals surface area contributed by atoms with Crippen LogP contribution in [0.3, 0.4) is 0 Å². The van der Waals surface area contributed by atoms with Gasteiger partial charge in [-0.3, -0.25) is 4.99 Å². The molecular formula is C17H35IN4O. The third-order valence-electron chi connectivity index (χ3n) is 4.60. The first-order valence-corrected chi connectivity index (χ1v) is 9.09. The van der Waals surface area contributed by atoms with Crippen LogP contribution in [-0.2, 0) is 4.74 Å². The van der Waals surface area contributed by atoms with E-state index < -0.39 is 0 Å². The molecule has 23 heavy (non-hydrogen) atoms. The van der Waals surface area contributed by atoms with Crippen molar-refractivity contribution in [1.29, 1.82) is 0 Å². The molecule has 0 aromatic heterocycles. The van der Waals surface area contributed by atoms with Crippen molar-refractivity contribution in [2.75, 3.05) is 59.5 Å². The molecule has 2 saturated heterocycles. The maximum atomic E-state index is 5.47. The smallest absolute Gasteiger partial charge is 0.193 e. The van der Waals surface area contributed by atoms with Crippen molar-refractivity contribution in [3.8, 4) is 0 Å². The Morgan fingerprint density at radius 1 is 1.30 bits per heavy atom. The molecule has 0 amide bonds. The second-order valence-corrected chi connectivity index (χ2v) is 6.60. The number of hydrogen-bond acceptors (Lipinski definition) is 3. The molecule has 6 heteroatoms. The summed E-state index contributed by atoms with van der Waals surface area (Å²) >= 11 is 0. The van der Waals surface area contributed by atoms with Gasteiger partial charge in [0, 0.05) is 39.2 Å². The first-order chi connectivity index (χ1) is 10.8. The van der Waals surface area contributed by atoms with Crippen LogP contribution in [0.2, 0.25) is 0 Å². The lowest BCUT2D eigenvalue weighted by Crippen LogP contribution is -2.41. The van der Waals surface area contributed by atoms with Gasteiger partial charge in [-0.15, -0.1) is 24.0 Å². The van der Waals surface area contributed by atoms with Gasteiger partial charge >= 0.3 is 0 Å². The van der Waals surface area contributed by atoms with Gasteiger partial charge in [-0.1, -0.05) is 0 Å². The van der Waals surface area contributed by atoms with Gasteiger partial charge in [0.15, 0.2) is 5.96 Å². The number of hydrogen-bond donors (Lipinski definition) is 1. The summed E-state index contributed by atoms with van der Waals surface area (Å²) in [7, 11) is 2.14. The summed E-state index contributed by atoms with van der Waals surface area (Å²) in [6, 6.07) is 0. The van der Waals surface area contributed by atoms with Gasteiger partial charge in [0.25, 0.3) is 0 Å². The summed E-state index contributed by atoms with van der Waals surface area (Å²) in [6.07, 6.45) is 6.41. The summed E-state index contributed by atoms with van der Waals surface area (Å²) in [4.78, 5) is 9.64. The Bertz CT molecular complexity index is 329. The Morgan fingerprint density at radius 2 is 2.09 bits per heavy atom. The fourth-order valence-corrected chi connectivity index (χ4v) is 3.31. The Hall–Kier alpha value is -0.0800. The van der Waals surface area contributed by atoms with Gasteiger partial charge in [-0.2, -0.15) is 0 Å². The molecule has 2 rings (SSSR count). The number of rotatable bonds is 8. The van der Waals surface area contributed by atoms with E-state index in [1.54, 1.807) is 0 Å². The van der Waals surface area contributed by atoms with E-state index in [2.05, 4.69) is 29.1 Å². The van der Waals surface area contributed by atoms with Crippen LogP contribution in [-0.4, -0.2) is 75.3 Å². The first kappa shape index (κ1) is 21.0. The van der Waals surface area contributed by atoms with Crippen molar-refractivity contribution in [2.45, 2.75) is 39.0 Å². The lowest BCUT2D eigenvalue weighted by Gasteiger charge is -2.24. The van der Waals surface area contributed by atoms with Gasteiger partial charge < -0.3 is 19.9 Å². The second kappa shape index (κ2) is 12.3. The molecule has 2 fully saturated rings. The molecule has 0 bridgehead atoms. The van der Waals surface area contributed by atoms with Gasteiger partial charge in [0.1, 0.15) is 0 Å². The Balaban J connectivity index is 0.00000264. The summed E-state index contributed by atoms with van der Waals surface area (Å²) in [6.45, 7) is 10.7. The van der Waals surface area contributed by atoms with Crippen molar-refractivity contribution in [3.05, 3.63) is 0 Å². The molecule has 2 heterocycles. The van der Waals surface area contributed by atoms with Crippen LogP contribution < -0.4 is 5.32 Å². The molecule has 5 nitrogen and oxygen atoms in total. The maximum Gasteiger partial charge on any atom is 0.193 e. The number of likely N-dealkylation sites (tertiary alicyclic amines) is 1. The lowest BCUT2D eigenvalue weighted by atomic mass is 10.1. The molecule has 0 aromatic carbocycles. The van der Waals surface area contributed by atoms with E-state index in [9.17, 15) is 0 Å². The molecule has 0 radical (unpaired) electrons. The summed E-state index contributed by atoms with van der Waals surface area (Å²) in [5.74, 6) is 1.71. The van der Waals surface area contributed by atoms with E-state index in [0.29, 0.717) is 5.92 Å². The predicted molar refractivity (Wildman–Crippen MR) is 108 cm³/mol. The van der Waals surface area contributed by atoms with Gasteiger partial charge in [-0.25, -0.2) is 0 Å². The molecule has 1 N–H and O–H groups in total. The number of aliphatic imine (C=N–C) groups is 1. The van der Waals surface area contributed by atoms with Crippen LogP contribution in [0.15, 0.2) is 4.99 Å². The van der Waals surface area contributed by atoms with Crippen LogP contribution >= 0.6 is 24.0 Å². The van der Waals surface area contributed by atoms with E-state index in [4.69, 9.17) is 9.73 Å². The summed E-state index contributed by atoms with van der Waals surface area (Å²) < 4.78 is 5.47. The van der Waals surface area contributed by atoms with E-state index >= 15 is 0 Å². The standard InChI is InChI=1S/C17H34N4O.HI/c1-3-18-17(20(2)14-16-8-13-22-15-16)19-9-4-5-10-21-11-6-7-12-21;/h16H,3-15H2,1-2H3,(H,18,19);1H. The normalized spacial score (nSPS) is 22.2. The number of nitrogens with one attached hydrogen (secondary N) is 1. The van der Waals surface area contributed by atoms with Gasteiger partial charge in [0.05, 0.1) is 6.61 Å². The highest BCUT2D eigenvalue weighted by Gasteiger charge is 2.19. The molecule has 136 valence electrons. The van der Waals surface area contributed by atoms with Crippen LogP contribution in [0.1, 0.15) is 39.0 Å². The Kier molecular flexibility index (Phi) is 11.2. The fraction of sp³-hybridized carbons (Fsp3) is 0.941.